The molecule has 0 bridgehead atoms. The third-order valence-electron chi connectivity index (χ3n) is 5.34. The van der Waals surface area contributed by atoms with Crippen LogP contribution in [0.1, 0.15) is 37.6 Å². The zero-order chi connectivity index (χ0) is 19.1. The van der Waals surface area contributed by atoms with Crippen molar-refractivity contribution in [3.8, 4) is 0 Å². The van der Waals surface area contributed by atoms with Gasteiger partial charge in [0.15, 0.2) is 11.7 Å². The zero-order valence-electron chi connectivity index (χ0n) is 17.0. The van der Waals surface area contributed by atoms with Crippen LogP contribution in [0.5, 0.6) is 0 Å². The van der Waals surface area contributed by atoms with E-state index in [1.54, 1.807) is 7.05 Å². The largest absolute Gasteiger partial charge is 0.359 e. The highest BCUT2D eigenvalue weighted by Crippen LogP contribution is 2.10. The van der Waals surface area contributed by atoms with E-state index >= 15 is 0 Å². The number of carbonyl (C=O) groups excluding carboxylic acids is 1. The van der Waals surface area contributed by atoms with Crippen molar-refractivity contribution in [2.24, 2.45) is 4.99 Å². The minimum absolute atomic E-state index is 0. The van der Waals surface area contributed by atoms with Crippen LogP contribution in [-0.4, -0.2) is 84.6 Å². The molecule has 2 aliphatic rings. The number of likely N-dealkylation sites (tertiary alicyclic amines) is 1. The first kappa shape index (κ1) is 22.9. The summed E-state index contributed by atoms with van der Waals surface area (Å²) in [5.41, 5.74) is 0.966. The monoisotopic (exact) mass is 504 g/mol. The maximum Gasteiger partial charge on any atom is 0.236 e. The number of nitrogens with one attached hydrogen (secondary N) is 1. The molecule has 3 heterocycles. The van der Waals surface area contributed by atoms with Crippen LogP contribution in [0.4, 0.5) is 0 Å². The first-order chi connectivity index (χ1) is 13.2. The lowest BCUT2D eigenvalue weighted by Crippen LogP contribution is -2.54. The molecule has 9 heteroatoms. The van der Waals surface area contributed by atoms with E-state index < -0.39 is 0 Å². The van der Waals surface area contributed by atoms with Gasteiger partial charge < -0.3 is 19.6 Å². The van der Waals surface area contributed by atoms with Crippen molar-refractivity contribution in [2.75, 3.05) is 52.9 Å². The number of aliphatic imine (C=N–C) groups is 1. The number of hydrogen-bond donors (Lipinski definition) is 1. The van der Waals surface area contributed by atoms with E-state index in [4.69, 9.17) is 4.52 Å². The Labute approximate surface area is 184 Å². The normalized spacial score (nSPS) is 18.7. The van der Waals surface area contributed by atoms with Gasteiger partial charge in [-0.1, -0.05) is 12.1 Å². The maximum absolute atomic E-state index is 12.4. The molecule has 8 nitrogen and oxygen atoms in total. The molecule has 0 aromatic carbocycles. The number of hydrogen-bond acceptors (Lipinski definition) is 5. The topological polar surface area (TPSA) is 77.2 Å². The van der Waals surface area contributed by atoms with Gasteiger partial charge in [0.25, 0.3) is 0 Å². The molecule has 3 rings (SSSR count). The van der Waals surface area contributed by atoms with Gasteiger partial charge in [-0.3, -0.25) is 14.7 Å². The first-order valence-corrected chi connectivity index (χ1v) is 10.1. The summed E-state index contributed by atoms with van der Waals surface area (Å²) in [6.07, 6.45) is 4.41. The summed E-state index contributed by atoms with van der Waals surface area (Å²) in [4.78, 5) is 23.3. The number of rotatable bonds is 5. The molecule has 0 radical (unpaired) electrons. The molecule has 1 amide bonds. The van der Waals surface area contributed by atoms with Gasteiger partial charge in [0.05, 0.1) is 18.8 Å². The summed E-state index contributed by atoms with van der Waals surface area (Å²) >= 11 is 0. The molecule has 1 N–H and O–H groups in total. The van der Waals surface area contributed by atoms with Crippen molar-refractivity contribution < 1.29 is 9.32 Å². The van der Waals surface area contributed by atoms with E-state index in [0.29, 0.717) is 13.1 Å². The van der Waals surface area contributed by atoms with E-state index in [-0.39, 0.29) is 29.9 Å². The highest BCUT2D eigenvalue weighted by molar-refractivity contribution is 14.0. The van der Waals surface area contributed by atoms with Crippen LogP contribution in [0.15, 0.2) is 15.6 Å². The second-order valence-corrected chi connectivity index (χ2v) is 7.24. The van der Waals surface area contributed by atoms with Crippen molar-refractivity contribution in [2.45, 2.75) is 39.2 Å². The highest BCUT2D eigenvalue weighted by Gasteiger charge is 2.24. The average Bonchev–Trinajstić information content (AvgIpc) is 3.18. The molecular formula is C19H33IN6O2. The lowest BCUT2D eigenvalue weighted by atomic mass is 10.1. The number of aromatic nitrogens is 1. The Morgan fingerprint density at radius 1 is 1.14 bits per heavy atom. The fourth-order valence-electron chi connectivity index (χ4n) is 3.66. The number of nitrogens with zero attached hydrogens (tertiary/aromatic N) is 5. The molecular weight excluding hydrogens is 471 g/mol. The van der Waals surface area contributed by atoms with E-state index in [1.807, 2.05) is 11.0 Å². The zero-order valence-corrected chi connectivity index (χ0v) is 19.4. The molecule has 0 spiro atoms. The third-order valence-corrected chi connectivity index (χ3v) is 5.34. The number of carbonyl (C=O) groups is 1. The lowest BCUT2D eigenvalue weighted by molar-refractivity contribution is -0.133. The molecule has 2 saturated heterocycles. The van der Waals surface area contributed by atoms with Gasteiger partial charge in [-0.15, -0.1) is 24.0 Å². The summed E-state index contributed by atoms with van der Waals surface area (Å²) in [6.45, 7) is 8.51. The second-order valence-electron chi connectivity index (χ2n) is 7.24. The minimum Gasteiger partial charge on any atom is -0.359 e. The van der Waals surface area contributed by atoms with Gasteiger partial charge in [-0.25, -0.2) is 0 Å². The Bertz CT molecular complexity index is 636. The number of piperazine rings is 1. The van der Waals surface area contributed by atoms with Crippen LogP contribution in [0.25, 0.3) is 0 Å². The first-order valence-electron chi connectivity index (χ1n) is 10.1. The molecule has 158 valence electrons. The molecule has 0 atom stereocenters. The average molecular weight is 504 g/mol. The Morgan fingerprint density at radius 3 is 2.46 bits per heavy atom. The number of halogens is 1. The molecule has 2 fully saturated rings. The quantitative estimate of drug-likeness (QED) is 0.373. The van der Waals surface area contributed by atoms with Crippen molar-refractivity contribution in [3.63, 3.8) is 0 Å². The van der Waals surface area contributed by atoms with Gasteiger partial charge in [0.2, 0.25) is 5.91 Å². The van der Waals surface area contributed by atoms with Crippen LogP contribution in [0.3, 0.4) is 0 Å². The van der Waals surface area contributed by atoms with E-state index in [1.165, 1.54) is 6.42 Å². The van der Waals surface area contributed by atoms with Crippen molar-refractivity contribution in [3.05, 3.63) is 17.5 Å². The molecule has 0 saturated carbocycles. The van der Waals surface area contributed by atoms with Crippen LogP contribution in [0, 0.1) is 0 Å². The van der Waals surface area contributed by atoms with Crippen molar-refractivity contribution in [1.29, 1.82) is 0 Å². The van der Waals surface area contributed by atoms with Crippen LogP contribution >= 0.6 is 24.0 Å². The summed E-state index contributed by atoms with van der Waals surface area (Å²) in [6, 6.07) is 1.98. The Morgan fingerprint density at radius 2 is 1.86 bits per heavy atom. The summed E-state index contributed by atoms with van der Waals surface area (Å²) in [5, 5.41) is 7.36. The molecule has 28 heavy (non-hydrogen) atoms. The Kier molecular flexibility index (Phi) is 9.49. The van der Waals surface area contributed by atoms with Crippen LogP contribution < -0.4 is 5.32 Å². The molecule has 0 aliphatic carbocycles. The Balaban J connectivity index is 0.00000280. The van der Waals surface area contributed by atoms with E-state index in [0.717, 1.165) is 75.9 Å². The van der Waals surface area contributed by atoms with Crippen LogP contribution in [0.2, 0.25) is 0 Å². The SMILES string of the molecule is CCc1cc(CNC(=NC)N2CCN(CC(=O)N3CCCCC3)CC2)on1.I. The van der Waals surface area contributed by atoms with Gasteiger partial charge in [-0.2, -0.15) is 0 Å². The van der Waals surface area contributed by atoms with Gasteiger partial charge >= 0.3 is 0 Å². The number of piperidine rings is 1. The molecule has 2 aliphatic heterocycles. The van der Waals surface area contributed by atoms with E-state index in [9.17, 15) is 4.79 Å². The van der Waals surface area contributed by atoms with Gasteiger partial charge in [0, 0.05) is 52.4 Å². The number of amides is 1. The lowest BCUT2D eigenvalue weighted by Gasteiger charge is -2.37. The summed E-state index contributed by atoms with van der Waals surface area (Å²) in [5.74, 6) is 1.97. The van der Waals surface area contributed by atoms with Crippen molar-refractivity contribution in [1.82, 2.24) is 25.2 Å². The Hall–Kier alpha value is -1.36. The minimum atomic E-state index is 0. The number of guanidine groups is 1. The number of aryl methyl sites for hydroxylation is 1. The highest BCUT2D eigenvalue weighted by atomic mass is 127. The smallest absolute Gasteiger partial charge is 0.236 e. The molecule has 1 aromatic heterocycles. The van der Waals surface area contributed by atoms with Gasteiger partial charge in [-0.05, 0) is 25.7 Å². The van der Waals surface area contributed by atoms with Gasteiger partial charge in [0.1, 0.15) is 0 Å². The van der Waals surface area contributed by atoms with E-state index in [2.05, 4.69) is 32.2 Å². The third kappa shape index (κ3) is 6.33. The second kappa shape index (κ2) is 11.6. The predicted molar refractivity (Wildman–Crippen MR) is 120 cm³/mol. The standard InChI is InChI=1S/C19H32N6O2.HI/c1-3-16-13-17(27-22-16)14-21-19(20-2)25-11-9-23(10-12-25)15-18(26)24-7-5-4-6-8-24;/h13H,3-12,14-15H2,1-2H3,(H,20,21);1H. The fourth-order valence-corrected chi connectivity index (χ4v) is 3.66. The fraction of sp³-hybridized carbons (Fsp3) is 0.737. The predicted octanol–water partition coefficient (Wildman–Crippen LogP) is 1.56. The summed E-state index contributed by atoms with van der Waals surface area (Å²) in [7, 11) is 1.80. The summed E-state index contributed by atoms with van der Waals surface area (Å²) < 4.78 is 5.32. The molecule has 0 unspecified atom stereocenters. The molecule has 1 aromatic rings. The van der Waals surface area contributed by atoms with Crippen LogP contribution in [-0.2, 0) is 17.8 Å². The van der Waals surface area contributed by atoms with Crippen molar-refractivity contribution >= 4 is 35.8 Å². The maximum atomic E-state index is 12.4.